The molecule has 19 nitrogen and oxygen atoms in total. The van der Waals surface area contributed by atoms with E-state index in [4.69, 9.17) is 19.2 Å². The molecule has 3 aliphatic rings. The van der Waals surface area contributed by atoms with Gasteiger partial charge in [0.25, 0.3) is 21.5 Å². The van der Waals surface area contributed by atoms with Crippen LogP contribution in [-0.4, -0.2) is 133 Å². The van der Waals surface area contributed by atoms with E-state index in [0.717, 1.165) is 58.4 Å². The Balaban J connectivity index is 1.00. The summed E-state index contributed by atoms with van der Waals surface area (Å²) in [6, 6.07) is 2.76. The molecule has 304 valence electrons. The SMILES string of the molecule is CC(NS(=O)(=O)c1cnc2cc(N3CCOCC3)nc(OC3CCC(Nc4ncc(OCCN5CCN(C)CC5)cn4)CC3)c2c1)c1cnc(N([O-])I=O)n1C. The first-order valence-electron chi connectivity index (χ1n) is 18.8. The molecule has 7 rings (SSSR count). The van der Waals surface area contributed by atoms with E-state index in [1.807, 2.05) is 6.07 Å². The van der Waals surface area contributed by atoms with Crippen molar-refractivity contribution in [3.05, 3.63) is 47.8 Å². The Kier molecular flexibility index (Phi) is 13.1. The number of likely N-dealkylation sites (N-methyl/N-ethyl adjacent to an activating group) is 1. The minimum absolute atomic E-state index is 0.0602. The number of hydrogen-bond donors (Lipinski definition) is 2. The fourth-order valence-corrected chi connectivity index (χ4v) is 8.93. The number of nitrogens with one attached hydrogen (secondary N) is 2. The molecule has 0 bridgehead atoms. The van der Waals surface area contributed by atoms with Crippen LogP contribution in [0.4, 0.5) is 17.7 Å². The monoisotopic (exact) mass is 907 g/mol. The van der Waals surface area contributed by atoms with Gasteiger partial charge in [-0.2, -0.15) is 4.98 Å². The van der Waals surface area contributed by atoms with Crippen LogP contribution in [-0.2, 0) is 24.9 Å². The molecule has 0 spiro atoms. The third-order valence-electron chi connectivity index (χ3n) is 10.4. The summed E-state index contributed by atoms with van der Waals surface area (Å²) in [4.78, 5) is 29.2. The van der Waals surface area contributed by atoms with Crippen molar-refractivity contribution in [3.8, 4) is 11.6 Å². The highest BCUT2D eigenvalue weighted by atomic mass is 127. The number of ether oxygens (including phenoxy) is 3. The highest BCUT2D eigenvalue weighted by Crippen LogP contribution is 2.33. The highest BCUT2D eigenvalue weighted by Gasteiger charge is 2.27. The van der Waals surface area contributed by atoms with E-state index in [2.05, 4.69) is 51.7 Å². The van der Waals surface area contributed by atoms with Crippen molar-refractivity contribution < 1.29 is 25.7 Å². The van der Waals surface area contributed by atoms with Crippen molar-refractivity contribution in [2.75, 3.05) is 86.2 Å². The van der Waals surface area contributed by atoms with Crippen molar-refractivity contribution in [2.24, 2.45) is 7.05 Å². The van der Waals surface area contributed by atoms with E-state index in [9.17, 15) is 16.7 Å². The van der Waals surface area contributed by atoms with Crippen LogP contribution in [0.3, 0.4) is 0 Å². The lowest BCUT2D eigenvalue weighted by atomic mass is 9.93. The van der Waals surface area contributed by atoms with Crippen LogP contribution in [0.25, 0.3) is 10.9 Å². The van der Waals surface area contributed by atoms with Gasteiger partial charge >= 0.3 is 0 Å². The Morgan fingerprint density at radius 2 is 1.71 bits per heavy atom. The molecule has 1 atom stereocenters. The van der Waals surface area contributed by atoms with E-state index in [-0.39, 0.29) is 23.0 Å². The number of pyridine rings is 2. The molecule has 0 aromatic carbocycles. The molecule has 0 amide bonds. The molecule has 6 heterocycles. The molecule has 4 aromatic rings. The van der Waals surface area contributed by atoms with Crippen LogP contribution in [0.2, 0.25) is 0 Å². The molecule has 3 fully saturated rings. The van der Waals surface area contributed by atoms with E-state index < -0.39 is 37.5 Å². The van der Waals surface area contributed by atoms with Gasteiger partial charge in [0.1, 0.15) is 23.4 Å². The summed E-state index contributed by atoms with van der Waals surface area (Å²) in [7, 11) is -0.397. The smallest absolute Gasteiger partial charge is 0.264 e. The van der Waals surface area contributed by atoms with Crippen LogP contribution < -0.4 is 27.7 Å². The summed E-state index contributed by atoms with van der Waals surface area (Å²) in [5.74, 6) is 2.14. The largest absolute Gasteiger partial charge is 0.745 e. The topological polar surface area (TPSA) is 208 Å². The molecular formula is C35H48IN12O7S-. The first-order valence-corrected chi connectivity index (χ1v) is 22.1. The fourth-order valence-electron chi connectivity index (χ4n) is 7.12. The molecule has 2 aliphatic heterocycles. The molecule has 0 radical (unpaired) electrons. The Hall–Kier alpha value is -3.87. The van der Waals surface area contributed by atoms with Gasteiger partial charge in [-0.05, 0) is 45.7 Å². The van der Waals surface area contributed by atoms with Crippen LogP contribution in [0, 0.1) is 5.21 Å². The number of nitrogens with zero attached hydrogens (tertiary/aromatic N) is 10. The second kappa shape index (κ2) is 18.2. The number of morpholine rings is 1. The average Bonchev–Trinajstić information content (AvgIpc) is 3.60. The molecule has 2 N–H and O–H groups in total. The lowest BCUT2D eigenvalue weighted by molar-refractivity contribution is 0.122. The number of rotatable bonds is 15. The predicted molar refractivity (Wildman–Crippen MR) is 217 cm³/mol. The fraction of sp³-hybridized carbons (Fsp3) is 0.571. The number of sulfonamides is 1. The van der Waals surface area contributed by atoms with Crippen LogP contribution in [0.1, 0.15) is 44.3 Å². The zero-order valence-corrected chi connectivity index (χ0v) is 34.7. The lowest BCUT2D eigenvalue weighted by Gasteiger charge is -2.32. The zero-order chi connectivity index (χ0) is 39.2. The first-order chi connectivity index (χ1) is 27.1. The third-order valence-corrected chi connectivity index (χ3v) is 12.7. The van der Waals surface area contributed by atoms with Crippen molar-refractivity contribution in [1.82, 2.24) is 44.0 Å². The number of piperazine rings is 1. The van der Waals surface area contributed by atoms with Crippen molar-refractivity contribution in [1.29, 1.82) is 0 Å². The number of halogens is 1. The van der Waals surface area contributed by atoms with Gasteiger partial charge in [-0.1, -0.05) is 0 Å². The molecule has 4 aromatic heterocycles. The minimum Gasteiger partial charge on any atom is -0.745 e. The number of hydrogen-bond acceptors (Lipinski definition) is 16. The van der Waals surface area contributed by atoms with Gasteiger partial charge in [0.15, 0.2) is 5.75 Å². The number of imidazole rings is 1. The molecule has 1 aliphatic carbocycles. The van der Waals surface area contributed by atoms with Gasteiger partial charge in [-0.25, -0.2) is 31.2 Å². The Morgan fingerprint density at radius 1 is 0.982 bits per heavy atom. The van der Waals surface area contributed by atoms with Crippen LogP contribution in [0.5, 0.6) is 11.6 Å². The quantitative estimate of drug-likeness (QED) is 0.0999. The molecule has 1 unspecified atom stereocenters. The highest BCUT2D eigenvalue weighted by molar-refractivity contribution is 14.1. The summed E-state index contributed by atoms with van der Waals surface area (Å²) in [5.41, 5.74) is 0.974. The third kappa shape index (κ3) is 9.80. The standard InChI is InChI=1S/C35H48IN12O7S/c1-24(31-23-40-35(45(31)3)48(50)36-49)43-56(51,52)28-18-29-30(37-22-28)19-32(47-13-15-53-16-14-47)42-33(29)55-26-6-4-25(5-7-26)41-34-38-20-27(21-39-34)54-17-12-46-10-8-44(2)9-11-46/h18-26,43H,4-17H2,1-3H3,(H,38,39,41)/q-1. The van der Waals surface area contributed by atoms with Crippen LogP contribution >= 0.6 is 21.5 Å². The Labute approximate surface area is 336 Å². The van der Waals surface area contributed by atoms with Crippen LogP contribution in [0.15, 0.2) is 41.8 Å². The van der Waals surface area contributed by atoms with Crippen molar-refractivity contribution >= 4 is 60.1 Å². The molecule has 2 saturated heterocycles. The van der Waals surface area contributed by atoms with E-state index in [0.29, 0.717) is 76.2 Å². The Morgan fingerprint density at radius 3 is 2.43 bits per heavy atom. The molecule has 1 saturated carbocycles. The molecule has 21 heteroatoms. The average molecular weight is 908 g/mol. The van der Waals surface area contributed by atoms with E-state index in [1.54, 1.807) is 26.4 Å². The summed E-state index contributed by atoms with van der Waals surface area (Å²) in [6.45, 7) is 9.81. The van der Waals surface area contributed by atoms with Crippen molar-refractivity contribution in [3.63, 3.8) is 0 Å². The maximum absolute atomic E-state index is 13.7. The maximum atomic E-state index is 13.7. The van der Waals surface area contributed by atoms with Gasteiger partial charge < -0.3 is 42.4 Å². The second-order valence-corrected chi connectivity index (χ2v) is 17.3. The summed E-state index contributed by atoms with van der Waals surface area (Å²) >= 11 is -2.02. The number of fused-ring (bicyclic) bond motifs is 1. The summed E-state index contributed by atoms with van der Waals surface area (Å²) in [5, 5.41) is 15.9. The van der Waals surface area contributed by atoms with Gasteiger partial charge in [0, 0.05) is 71.2 Å². The normalized spacial score (nSPS) is 20.5. The summed E-state index contributed by atoms with van der Waals surface area (Å²) in [6.07, 6.45) is 9.06. The maximum Gasteiger partial charge on any atom is 0.264 e. The first kappa shape index (κ1) is 40.3. The molecule has 56 heavy (non-hydrogen) atoms. The summed E-state index contributed by atoms with van der Waals surface area (Å²) < 4.78 is 61.0. The minimum atomic E-state index is -4.11. The predicted octanol–water partition coefficient (Wildman–Crippen LogP) is 2.99. The van der Waals surface area contributed by atoms with E-state index in [1.165, 1.54) is 23.0 Å². The molecular weight excluding hydrogens is 859 g/mol. The number of aromatic nitrogens is 6. The lowest BCUT2D eigenvalue weighted by Crippen LogP contribution is -2.45. The van der Waals surface area contributed by atoms with E-state index >= 15 is 0 Å². The number of anilines is 3. The van der Waals surface area contributed by atoms with Crippen molar-refractivity contribution in [2.45, 2.75) is 55.7 Å². The Bertz CT molecular complexity index is 2060. The van der Waals surface area contributed by atoms with Gasteiger partial charge in [0.05, 0.1) is 54.4 Å². The van der Waals surface area contributed by atoms with Gasteiger partial charge in [-0.3, -0.25) is 9.88 Å². The second-order valence-electron chi connectivity index (χ2n) is 14.3. The van der Waals surface area contributed by atoms with Gasteiger partial charge in [0.2, 0.25) is 27.8 Å². The van der Waals surface area contributed by atoms with Gasteiger partial charge in [-0.15, -0.1) is 0 Å². The zero-order valence-electron chi connectivity index (χ0n) is 31.7.